The van der Waals surface area contributed by atoms with Gasteiger partial charge in [0.05, 0.1) is 21.3 Å². The number of methoxy groups -OCH3 is 3. The second-order valence-electron chi connectivity index (χ2n) is 3.08. The predicted molar refractivity (Wildman–Crippen MR) is 60.7 cm³/mol. The summed E-state index contributed by atoms with van der Waals surface area (Å²) < 4.78 is 15.3. The van der Waals surface area contributed by atoms with Gasteiger partial charge in [-0.25, -0.2) is 0 Å². The molecular weight excluding hydrogens is 226 g/mol. The highest BCUT2D eigenvalue weighted by Gasteiger charge is 2.16. The van der Waals surface area contributed by atoms with Crippen molar-refractivity contribution >= 4 is 5.91 Å². The zero-order valence-corrected chi connectivity index (χ0v) is 9.94. The number of hydrogen-bond acceptors (Lipinski definition) is 5. The van der Waals surface area contributed by atoms with Crippen molar-refractivity contribution in [2.75, 3.05) is 28.1 Å². The lowest BCUT2D eigenvalue weighted by Crippen LogP contribution is -2.24. The van der Waals surface area contributed by atoms with E-state index < -0.39 is 12.6 Å². The molecule has 0 aliphatic rings. The number of ether oxygens (including phenoxy) is 3. The van der Waals surface area contributed by atoms with E-state index in [1.54, 1.807) is 0 Å². The van der Waals surface area contributed by atoms with E-state index in [4.69, 9.17) is 19.3 Å². The summed E-state index contributed by atoms with van der Waals surface area (Å²) in [5, 5.41) is 10.9. The summed E-state index contributed by atoms with van der Waals surface area (Å²) in [6.07, 6.45) is 0. The molecule has 0 heterocycles. The fourth-order valence-electron chi connectivity index (χ4n) is 1.39. The Labute approximate surface area is 99.1 Å². The number of rotatable bonds is 5. The van der Waals surface area contributed by atoms with Gasteiger partial charge in [0.2, 0.25) is 5.75 Å². The third-order valence-electron chi connectivity index (χ3n) is 2.17. The first kappa shape index (κ1) is 13.1. The summed E-state index contributed by atoms with van der Waals surface area (Å²) in [5.74, 6) is 0.757. The number of carbonyl (C=O) groups is 1. The van der Waals surface area contributed by atoms with E-state index in [1.807, 2.05) is 0 Å². The molecule has 0 radical (unpaired) electrons. The zero-order valence-electron chi connectivity index (χ0n) is 9.94. The molecule has 0 aliphatic heterocycles. The average molecular weight is 241 g/mol. The number of benzene rings is 1. The molecule has 0 aliphatic carbocycles. The fourth-order valence-corrected chi connectivity index (χ4v) is 1.39. The van der Waals surface area contributed by atoms with Gasteiger partial charge in [-0.1, -0.05) is 0 Å². The molecule has 0 fully saturated rings. The lowest BCUT2D eigenvalue weighted by Gasteiger charge is -2.13. The van der Waals surface area contributed by atoms with Gasteiger partial charge in [-0.2, -0.15) is 0 Å². The molecular formula is C11H15NO5. The van der Waals surface area contributed by atoms with Crippen molar-refractivity contribution < 1.29 is 24.1 Å². The molecule has 1 rings (SSSR count). The highest BCUT2D eigenvalue weighted by molar-refractivity contribution is 5.95. The van der Waals surface area contributed by atoms with Gasteiger partial charge < -0.3 is 24.6 Å². The van der Waals surface area contributed by atoms with Crippen LogP contribution in [0.3, 0.4) is 0 Å². The van der Waals surface area contributed by atoms with Gasteiger partial charge in [-0.15, -0.1) is 0 Å². The Morgan fingerprint density at radius 1 is 1.18 bits per heavy atom. The van der Waals surface area contributed by atoms with Crippen LogP contribution in [-0.2, 0) is 0 Å². The molecule has 0 saturated carbocycles. The minimum Gasteiger partial charge on any atom is -0.493 e. The van der Waals surface area contributed by atoms with Gasteiger partial charge in [0.15, 0.2) is 11.5 Å². The van der Waals surface area contributed by atoms with Crippen molar-refractivity contribution in [1.82, 2.24) is 5.32 Å². The van der Waals surface area contributed by atoms with Gasteiger partial charge in [0.25, 0.3) is 5.91 Å². The van der Waals surface area contributed by atoms with Crippen molar-refractivity contribution in [1.29, 1.82) is 0 Å². The zero-order chi connectivity index (χ0) is 12.8. The normalized spacial score (nSPS) is 9.65. The Morgan fingerprint density at radius 2 is 1.71 bits per heavy atom. The molecule has 1 amide bonds. The number of aliphatic hydroxyl groups is 1. The lowest BCUT2D eigenvalue weighted by molar-refractivity contribution is 0.0909. The number of aliphatic hydroxyl groups excluding tert-OH is 1. The van der Waals surface area contributed by atoms with Crippen LogP contribution in [0.4, 0.5) is 0 Å². The molecule has 6 nitrogen and oxygen atoms in total. The van der Waals surface area contributed by atoms with E-state index in [-0.39, 0.29) is 0 Å². The predicted octanol–water partition coefficient (Wildman–Crippen LogP) is 0.392. The van der Waals surface area contributed by atoms with Crippen LogP contribution in [0.5, 0.6) is 17.2 Å². The van der Waals surface area contributed by atoms with E-state index >= 15 is 0 Å². The van der Waals surface area contributed by atoms with Crippen molar-refractivity contribution in [2.45, 2.75) is 0 Å². The minimum absolute atomic E-state index is 0.313. The van der Waals surface area contributed by atoms with Gasteiger partial charge in [-0.3, -0.25) is 4.79 Å². The van der Waals surface area contributed by atoms with Crippen LogP contribution in [0.2, 0.25) is 0 Å². The number of hydrogen-bond donors (Lipinski definition) is 2. The first-order chi connectivity index (χ1) is 8.17. The van der Waals surface area contributed by atoms with Crippen LogP contribution in [0.25, 0.3) is 0 Å². The Hall–Kier alpha value is -1.95. The number of nitrogens with one attached hydrogen (secondary N) is 1. The van der Waals surface area contributed by atoms with Crippen LogP contribution >= 0.6 is 0 Å². The molecule has 1 aromatic carbocycles. The number of amides is 1. The topological polar surface area (TPSA) is 77.0 Å². The summed E-state index contributed by atoms with van der Waals surface area (Å²) in [4.78, 5) is 11.6. The van der Waals surface area contributed by atoms with E-state index in [0.29, 0.717) is 22.8 Å². The summed E-state index contributed by atoms with van der Waals surface area (Å²) in [6, 6.07) is 3.01. The van der Waals surface area contributed by atoms with Crippen molar-refractivity contribution in [3.63, 3.8) is 0 Å². The van der Waals surface area contributed by atoms with Crippen LogP contribution < -0.4 is 19.5 Å². The lowest BCUT2D eigenvalue weighted by atomic mass is 10.1. The standard InChI is InChI=1S/C11H15NO5/c1-15-8-4-7(11(14)12-6-13)5-9(16-2)10(8)17-3/h4-5,13H,6H2,1-3H3,(H,12,14). The number of carbonyl (C=O) groups excluding carboxylic acids is 1. The van der Waals surface area contributed by atoms with Gasteiger partial charge in [-0.05, 0) is 12.1 Å². The van der Waals surface area contributed by atoms with Crippen LogP contribution in [0.15, 0.2) is 12.1 Å². The molecule has 6 heteroatoms. The average Bonchev–Trinajstić information content (AvgIpc) is 2.37. The van der Waals surface area contributed by atoms with Gasteiger partial charge in [0.1, 0.15) is 6.73 Å². The third kappa shape index (κ3) is 2.79. The first-order valence-electron chi connectivity index (χ1n) is 4.87. The highest BCUT2D eigenvalue weighted by Crippen LogP contribution is 2.38. The Kier molecular flexibility index (Phi) is 4.59. The van der Waals surface area contributed by atoms with Crippen LogP contribution in [-0.4, -0.2) is 39.1 Å². The van der Waals surface area contributed by atoms with Gasteiger partial charge >= 0.3 is 0 Å². The monoisotopic (exact) mass is 241 g/mol. The van der Waals surface area contributed by atoms with Crippen molar-refractivity contribution in [3.05, 3.63) is 17.7 Å². The maximum absolute atomic E-state index is 11.6. The molecule has 1 aromatic rings. The summed E-state index contributed by atoms with van der Waals surface area (Å²) in [6.45, 7) is -0.435. The smallest absolute Gasteiger partial charge is 0.253 e. The Balaban J connectivity index is 3.22. The van der Waals surface area contributed by atoms with Crippen LogP contribution in [0.1, 0.15) is 10.4 Å². The molecule has 0 unspecified atom stereocenters. The quantitative estimate of drug-likeness (QED) is 0.729. The van der Waals surface area contributed by atoms with E-state index in [1.165, 1.54) is 33.5 Å². The minimum atomic E-state index is -0.435. The van der Waals surface area contributed by atoms with Crippen molar-refractivity contribution in [3.8, 4) is 17.2 Å². The Morgan fingerprint density at radius 3 is 2.06 bits per heavy atom. The van der Waals surface area contributed by atoms with Gasteiger partial charge in [0, 0.05) is 5.56 Å². The Bertz CT molecular complexity index is 380. The molecule has 2 N–H and O–H groups in total. The third-order valence-corrected chi connectivity index (χ3v) is 2.17. The largest absolute Gasteiger partial charge is 0.493 e. The van der Waals surface area contributed by atoms with E-state index in [9.17, 15) is 4.79 Å². The molecule has 0 atom stereocenters. The molecule has 0 spiro atoms. The molecule has 0 aromatic heterocycles. The first-order valence-corrected chi connectivity index (χ1v) is 4.87. The fraction of sp³-hybridized carbons (Fsp3) is 0.364. The second-order valence-corrected chi connectivity index (χ2v) is 3.08. The van der Waals surface area contributed by atoms with E-state index in [2.05, 4.69) is 5.32 Å². The van der Waals surface area contributed by atoms with E-state index in [0.717, 1.165) is 0 Å². The second kappa shape index (κ2) is 5.95. The molecule has 0 saturated heterocycles. The SMILES string of the molecule is COc1cc(C(=O)NCO)cc(OC)c1OC. The molecule has 17 heavy (non-hydrogen) atoms. The maximum atomic E-state index is 11.6. The van der Waals surface area contributed by atoms with Crippen molar-refractivity contribution in [2.24, 2.45) is 0 Å². The summed E-state index contributed by atoms with van der Waals surface area (Å²) in [5.41, 5.74) is 0.313. The summed E-state index contributed by atoms with van der Waals surface area (Å²) in [7, 11) is 4.41. The highest BCUT2D eigenvalue weighted by atomic mass is 16.5. The summed E-state index contributed by atoms with van der Waals surface area (Å²) >= 11 is 0. The van der Waals surface area contributed by atoms with Crippen LogP contribution in [0, 0.1) is 0 Å². The maximum Gasteiger partial charge on any atom is 0.253 e. The molecule has 0 bridgehead atoms. The molecule has 94 valence electrons.